The van der Waals surface area contributed by atoms with Gasteiger partial charge in [0.2, 0.25) is 0 Å². The van der Waals surface area contributed by atoms with Crippen molar-refractivity contribution < 1.29 is 18.3 Å². The van der Waals surface area contributed by atoms with E-state index in [1.54, 1.807) is 6.92 Å². The van der Waals surface area contributed by atoms with Crippen molar-refractivity contribution in [2.75, 3.05) is 0 Å². The third-order valence-corrected chi connectivity index (χ3v) is 1.36. The Morgan fingerprint density at radius 2 is 1.91 bits per heavy atom. The largest absolute Gasteiger partial charge is 0.415 e. The highest BCUT2D eigenvalue weighted by atomic mass is 19.4. The molecule has 3 N–H and O–H groups in total. The molecule has 0 aliphatic rings. The van der Waals surface area contributed by atoms with Crippen LogP contribution < -0.4 is 5.73 Å². The minimum absolute atomic E-state index is 0.181. The molecular formula is C6H12F3NO. The van der Waals surface area contributed by atoms with Crippen LogP contribution in [0.15, 0.2) is 0 Å². The van der Waals surface area contributed by atoms with Gasteiger partial charge in [0.1, 0.15) is 0 Å². The van der Waals surface area contributed by atoms with Crippen LogP contribution >= 0.6 is 0 Å². The molecule has 2 nitrogen and oxygen atoms in total. The molecule has 0 spiro atoms. The van der Waals surface area contributed by atoms with Crippen molar-refractivity contribution in [2.24, 2.45) is 5.73 Å². The zero-order valence-corrected chi connectivity index (χ0v) is 6.23. The summed E-state index contributed by atoms with van der Waals surface area (Å²) in [5.41, 5.74) is 5.04. The smallest absolute Gasteiger partial charge is 0.382 e. The number of alkyl halides is 3. The van der Waals surface area contributed by atoms with Crippen LogP contribution in [0.1, 0.15) is 19.8 Å². The van der Waals surface area contributed by atoms with Crippen LogP contribution in [0.3, 0.4) is 0 Å². The van der Waals surface area contributed by atoms with Gasteiger partial charge in [-0.25, -0.2) is 0 Å². The average molecular weight is 171 g/mol. The molecule has 0 fully saturated rings. The molecule has 11 heavy (non-hydrogen) atoms. The molecule has 0 aromatic rings. The van der Waals surface area contributed by atoms with Crippen LogP contribution in [0.2, 0.25) is 0 Å². The maximum atomic E-state index is 11.7. The second-order valence-corrected chi connectivity index (χ2v) is 2.44. The van der Waals surface area contributed by atoms with Gasteiger partial charge < -0.3 is 10.8 Å². The van der Waals surface area contributed by atoms with Gasteiger partial charge in [-0.1, -0.05) is 13.3 Å². The van der Waals surface area contributed by atoms with E-state index in [4.69, 9.17) is 10.8 Å². The second kappa shape index (κ2) is 3.92. The lowest BCUT2D eigenvalue weighted by atomic mass is 10.1. The Bertz CT molecular complexity index is 115. The molecule has 5 heteroatoms. The van der Waals surface area contributed by atoms with E-state index in [2.05, 4.69) is 0 Å². The maximum absolute atomic E-state index is 11.7. The molecule has 0 aromatic heterocycles. The van der Waals surface area contributed by atoms with Gasteiger partial charge in [0.15, 0.2) is 6.10 Å². The number of nitrogens with two attached hydrogens (primary N) is 1. The van der Waals surface area contributed by atoms with Gasteiger partial charge in [-0.2, -0.15) is 13.2 Å². The lowest BCUT2D eigenvalue weighted by Crippen LogP contribution is -2.44. The summed E-state index contributed by atoms with van der Waals surface area (Å²) in [4.78, 5) is 0. The summed E-state index contributed by atoms with van der Waals surface area (Å²) in [6.45, 7) is 1.71. The first kappa shape index (κ1) is 10.7. The predicted octanol–water partition coefficient (Wildman–Crippen LogP) is 1.04. The third kappa shape index (κ3) is 3.57. The van der Waals surface area contributed by atoms with E-state index < -0.39 is 18.3 Å². The van der Waals surface area contributed by atoms with E-state index in [9.17, 15) is 13.2 Å². The summed E-state index contributed by atoms with van der Waals surface area (Å²) in [6, 6.07) is -1.19. The average Bonchev–Trinajstić information content (AvgIpc) is 1.85. The zero-order valence-electron chi connectivity index (χ0n) is 6.23. The van der Waals surface area contributed by atoms with Crippen molar-refractivity contribution in [2.45, 2.75) is 38.1 Å². The van der Waals surface area contributed by atoms with E-state index >= 15 is 0 Å². The highest BCUT2D eigenvalue weighted by Crippen LogP contribution is 2.22. The summed E-state index contributed by atoms with van der Waals surface area (Å²) in [5, 5.41) is 8.54. The molecule has 0 saturated carbocycles. The number of halogens is 3. The topological polar surface area (TPSA) is 46.2 Å². The first-order chi connectivity index (χ1) is 4.89. The van der Waals surface area contributed by atoms with Crippen LogP contribution in [-0.4, -0.2) is 23.4 Å². The van der Waals surface area contributed by atoms with Crippen molar-refractivity contribution >= 4 is 0 Å². The Morgan fingerprint density at radius 3 is 2.18 bits per heavy atom. The lowest BCUT2D eigenvalue weighted by Gasteiger charge is -2.20. The Balaban J connectivity index is 3.91. The minimum atomic E-state index is -4.59. The van der Waals surface area contributed by atoms with Crippen molar-refractivity contribution in [3.8, 4) is 0 Å². The molecule has 0 aromatic carbocycles. The van der Waals surface area contributed by atoms with E-state index in [0.29, 0.717) is 6.42 Å². The quantitative estimate of drug-likeness (QED) is 0.666. The van der Waals surface area contributed by atoms with Crippen molar-refractivity contribution in [3.63, 3.8) is 0 Å². The minimum Gasteiger partial charge on any atom is -0.382 e. The molecule has 0 heterocycles. The Hall–Kier alpha value is -0.290. The Kier molecular flexibility index (Phi) is 3.82. The molecule has 68 valence electrons. The van der Waals surface area contributed by atoms with Gasteiger partial charge >= 0.3 is 6.18 Å². The first-order valence-electron chi connectivity index (χ1n) is 3.40. The molecule has 0 amide bonds. The van der Waals surface area contributed by atoms with Gasteiger partial charge in [0.05, 0.1) is 0 Å². The summed E-state index contributed by atoms with van der Waals surface area (Å²) >= 11 is 0. The monoisotopic (exact) mass is 171 g/mol. The molecule has 0 radical (unpaired) electrons. The van der Waals surface area contributed by atoms with E-state index in [1.807, 2.05) is 0 Å². The second-order valence-electron chi connectivity index (χ2n) is 2.44. The SMILES string of the molecule is CCC[C@H](N)[C@H](O)C(F)(F)F. The highest BCUT2D eigenvalue weighted by Gasteiger charge is 2.41. The van der Waals surface area contributed by atoms with Crippen LogP contribution in [0.25, 0.3) is 0 Å². The fourth-order valence-corrected chi connectivity index (χ4v) is 0.734. The highest BCUT2D eigenvalue weighted by molar-refractivity contribution is 4.77. The number of aliphatic hydroxyl groups excluding tert-OH is 1. The fourth-order valence-electron chi connectivity index (χ4n) is 0.734. The van der Waals surface area contributed by atoms with Gasteiger partial charge in [-0.05, 0) is 6.42 Å². The van der Waals surface area contributed by atoms with Crippen LogP contribution in [0.5, 0.6) is 0 Å². The molecule has 0 aliphatic carbocycles. The number of hydrogen-bond donors (Lipinski definition) is 2. The van der Waals surface area contributed by atoms with Crippen molar-refractivity contribution in [3.05, 3.63) is 0 Å². The molecule has 2 atom stereocenters. The summed E-state index contributed by atoms with van der Waals surface area (Å²) < 4.78 is 35.1. The fraction of sp³-hybridized carbons (Fsp3) is 1.00. The summed E-state index contributed by atoms with van der Waals surface area (Å²) in [7, 11) is 0. The van der Waals surface area contributed by atoms with E-state index in [0.717, 1.165) is 0 Å². The molecule has 0 saturated heterocycles. The van der Waals surface area contributed by atoms with Gasteiger partial charge in [-0.3, -0.25) is 0 Å². The third-order valence-electron chi connectivity index (χ3n) is 1.36. The van der Waals surface area contributed by atoms with Gasteiger partial charge in [-0.15, -0.1) is 0 Å². The van der Waals surface area contributed by atoms with Crippen molar-refractivity contribution in [1.29, 1.82) is 0 Å². The molecular weight excluding hydrogens is 159 g/mol. The molecule has 0 unspecified atom stereocenters. The zero-order chi connectivity index (χ0) is 9.07. The van der Waals surface area contributed by atoms with E-state index in [-0.39, 0.29) is 6.42 Å². The number of rotatable bonds is 3. The number of hydrogen-bond acceptors (Lipinski definition) is 2. The predicted molar refractivity (Wildman–Crippen MR) is 34.9 cm³/mol. The normalized spacial score (nSPS) is 18.0. The maximum Gasteiger partial charge on any atom is 0.415 e. The van der Waals surface area contributed by atoms with Crippen LogP contribution in [-0.2, 0) is 0 Å². The lowest BCUT2D eigenvalue weighted by molar-refractivity contribution is -0.209. The first-order valence-corrected chi connectivity index (χ1v) is 3.40. The molecule has 0 aliphatic heterocycles. The number of aliphatic hydroxyl groups is 1. The summed E-state index contributed by atoms with van der Waals surface area (Å²) in [5.74, 6) is 0. The summed E-state index contributed by atoms with van der Waals surface area (Å²) in [6.07, 6.45) is -6.26. The van der Waals surface area contributed by atoms with Crippen molar-refractivity contribution in [1.82, 2.24) is 0 Å². The van der Waals surface area contributed by atoms with E-state index in [1.165, 1.54) is 0 Å². The standard InChI is InChI=1S/C6H12F3NO/c1-2-3-4(10)5(11)6(7,8)9/h4-5,11H,2-3,10H2,1H3/t4-,5-/m0/s1. The van der Waals surface area contributed by atoms with Crippen LogP contribution in [0.4, 0.5) is 13.2 Å². The Morgan fingerprint density at radius 1 is 1.45 bits per heavy atom. The van der Waals surface area contributed by atoms with Gasteiger partial charge in [0.25, 0.3) is 0 Å². The van der Waals surface area contributed by atoms with Crippen LogP contribution in [0, 0.1) is 0 Å². The molecule has 0 bridgehead atoms. The van der Waals surface area contributed by atoms with Gasteiger partial charge in [0, 0.05) is 6.04 Å². The molecule has 0 rings (SSSR count). The Labute approximate surface area is 63.2 Å².